The smallest absolute Gasteiger partial charge is 0.238 e. The van der Waals surface area contributed by atoms with E-state index in [0.29, 0.717) is 35.7 Å². The van der Waals surface area contributed by atoms with Crippen LogP contribution in [0.25, 0.3) is 5.65 Å². The summed E-state index contributed by atoms with van der Waals surface area (Å²) >= 11 is 5.92. The first-order valence-corrected chi connectivity index (χ1v) is 10.9. The second-order valence-electron chi connectivity index (χ2n) is 7.62. The number of rotatable bonds is 8. The Bertz CT molecular complexity index is 1230. The van der Waals surface area contributed by atoms with Crippen molar-refractivity contribution in [3.63, 3.8) is 0 Å². The summed E-state index contributed by atoms with van der Waals surface area (Å²) in [6.07, 6.45) is 2.79. The molecule has 2 heterocycles. The summed E-state index contributed by atoms with van der Waals surface area (Å²) < 4.78 is 7.27. The van der Waals surface area contributed by atoms with Gasteiger partial charge in [-0.3, -0.25) is 20.4 Å². The van der Waals surface area contributed by atoms with E-state index in [-0.39, 0.29) is 24.7 Å². The Labute approximate surface area is 196 Å². The summed E-state index contributed by atoms with van der Waals surface area (Å²) in [7, 11) is 0. The van der Waals surface area contributed by atoms with Crippen LogP contribution in [0.3, 0.4) is 0 Å². The van der Waals surface area contributed by atoms with Gasteiger partial charge in [0.05, 0.1) is 12.8 Å². The standard InChI is InChI=1S/C23H25ClN6O3/c1-14-11-18(24)6-8-20(14)33-10-4-5-21(31)28-29-22(32)9-7-19-15(2)27-23-17(12-25)13-26-30(23)16(19)3/h6,8,11,13H,4-5,7,9-10H2,1-3H3,(H,28,31)(H,29,32). The summed E-state index contributed by atoms with van der Waals surface area (Å²) in [6.45, 7) is 5.99. The van der Waals surface area contributed by atoms with Crippen molar-refractivity contribution >= 4 is 29.1 Å². The molecule has 0 fully saturated rings. The zero-order chi connectivity index (χ0) is 24.0. The molecule has 172 valence electrons. The molecule has 0 atom stereocenters. The fraction of sp³-hybridized carbons (Fsp3) is 0.348. The molecule has 9 nitrogen and oxygen atoms in total. The van der Waals surface area contributed by atoms with E-state index in [4.69, 9.17) is 21.6 Å². The van der Waals surface area contributed by atoms with Crippen LogP contribution in [0.15, 0.2) is 24.4 Å². The average molecular weight is 469 g/mol. The zero-order valence-electron chi connectivity index (χ0n) is 18.7. The van der Waals surface area contributed by atoms with Gasteiger partial charge in [0.2, 0.25) is 11.8 Å². The van der Waals surface area contributed by atoms with Gasteiger partial charge in [0.1, 0.15) is 17.4 Å². The van der Waals surface area contributed by atoms with Crippen LogP contribution in [0.2, 0.25) is 5.02 Å². The molecule has 2 amide bonds. The number of hydrazine groups is 1. The van der Waals surface area contributed by atoms with Crippen LogP contribution >= 0.6 is 11.6 Å². The lowest BCUT2D eigenvalue weighted by molar-refractivity contribution is -0.129. The zero-order valence-corrected chi connectivity index (χ0v) is 19.5. The molecular weight excluding hydrogens is 444 g/mol. The molecule has 0 saturated heterocycles. The predicted octanol–water partition coefficient (Wildman–Crippen LogP) is 3.12. The number of hydrogen-bond acceptors (Lipinski definition) is 6. The van der Waals surface area contributed by atoms with Gasteiger partial charge in [-0.05, 0) is 62.9 Å². The highest BCUT2D eigenvalue weighted by Crippen LogP contribution is 2.22. The van der Waals surface area contributed by atoms with Gasteiger partial charge in [0.25, 0.3) is 0 Å². The van der Waals surface area contributed by atoms with E-state index in [1.54, 1.807) is 16.6 Å². The molecule has 33 heavy (non-hydrogen) atoms. The number of ether oxygens (including phenoxy) is 1. The lowest BCUT2D eigenvalue weighted by Gasteiger charge is -2.12. The van der Waals surface area contributed by atoms with Crippen molar-refractivity contribution in [1.82, 2.24) is 25.4 Å². The number of hydrogen-bond donors (Lipinski definition) is 2. The van der Waals surface area contributed by atoms with E-state index in [0.717, 1.165) is 28.3 Å². The summed E-state index contributed by atoms with van der Waals surface area (Å²) in [5.41, 5.74) is 9.14. The van der Waals surface area contributed by atoms with Crippen molar-refractivity contribution in [2.45, 2.75) is 46.5 Å². The van der Waals surface area contributed by atoms with Gasteiger partial charge in [0.15, 0.2) is 5.65 Å². The summed E-state index contributed by atoms with van der Waals surface area (Å²) in [6, 6.07) is 7.43. The summed E-state index contributed by atoms with van der Waals surface area (Å²) in [4.78, 5) is 28.6. The Balaban J connectivity index is 1.41. The maximum absolute atomic E-state index is 12.2. The molecule has 0 aliphatic rings. The minimum Gasteiger partial charge on any atom is -0.493 e. The monoisotopic (exact) mass is 468 g/mol. The predicted molar refractivity (Wildman–Crippen MR) is 123 cm³/mol. The van der Waals surface area contributed by atoms with Crippen LogP contribution in [0.5, 0.6) is 5.75 Å². The molecule has 3 aromatic rings. The van der Waals surface area contributed by atoms with E-state index in [2.05, 4.69) is 27.0 Å². The largest absolute Gasteiger partial charge is 0.493 e. The number of amides is 2. The van der Waals surface area contributed by atoms with Crippen molar-refractivity contribution in [1.29, 1.82) is 5.26 Å². The molecule has 2 aromatic heterocycles. The van der Waals surface area contributed by atoms with E-state index in [9.17, 15) is 9.59 Å². The van der Waals surface area contributed by atoms with Crippen molar-refractivity contribution in [3.05, 3.63) is 57.5 Å². The van der Waals surface area contributed by atoms with Crippen LogP contribution in [0.4, 0.5) is 0 Å². The van der Waals surface area contributed by atoms with Gasteiger partial charge in [-0.25, -0.2) is 9.50 Å². The molecule has 0 aliphatic heterocycles. The van der Waals surface area contributed by atoms with Gasteiger partial charge >= 0.3 is 0 Å². The van der Waals surface area contributed by atoms with Crippen LogP contribution in [-0.2, 0) is 16.0 Å². The molecule has 1 aromatic carbocycles. The normalized spacial score (nSPS) is 10.6. The molecule has 0 unspecified atom stereocenters. The highest BCUT2D eigenvalue weighted by molar-refractivity contribution is 6.30. The molecule has 0 radical (unpaired) electrons. The highest BCUT2D eigenvalue weighted by atomic mass is 35.5. The Morgan fingerprint density at radius 3 is 2.61 bits per heavy atom. The summed E-state index contributed by atoms with van der Waals surface area (Å²) in [5.74, 6) is 0.120. The van der Waals surface area contributed by atoms with Crippen LogP contribution in [0, 0.1) is 32.1 Å². The Morgan fingerprint density at radius 2 is 1.91 bits per heavy atom. The van der Waals surface area contributed by atoms with Gasteiger partial charge in [-0.1, -0.05) is 11.6 Å². The highest BCUT2D eigenvalue weighted by Gasteiger charge is 2.15. The maximum Gasteiger partial charge on any atom is 0.238 e. The molecule has 0 spiro atoms. The number of fused-ring (bicyclic) bond motifs is 1. The molecule has 0 saturated carbocycles. The van der Waals surface area contributed by atoms with Gasteiger partial charge < -0.3 is 4.74 Å². The van der Waals surface area contributed by atoms with Crippen molar-refractivity contribution in [2.24, 2.45) is 0 Å². The second kappa shape index (κ2) is 10.8. The third kappa shape index (κ3) is 5.99. The number of nitrogens with zero attached hydrogens (tertiary/aromatic N) is 4. The van der Waals surface area contributed by atoms with Crippen molar-refractivity contribution in [3.8, 4) is 11.8 Å². The van der Waals surface area contributed by atoms with E-state index in [1.807, 2.05) is 26.8 Å². The van der Waals surface area contributed by atoms with Crippen LogP contribution in [0.1, 0.15) is 47.3 Å². The molecule has 10 heteroatoms. The average Bonchev–Trinajstić information content (AvgIpc) is 3.19. The third-order valence-electron chi connectivity index (χ3n) is 5.22. The first kappa shape index (κ1) is 24.0. The Kier molecular flexibility index (Phi) is 7.85. The van der Waals surface area contributed by atoms with Crippen LogP contribution in [-0.4, -0.2) is 33.0 Å². The number of carbonyl (C=O) groups excluding carboxylic acids is 2. The Morgan fingerprint density at radius 1 is 1.18 bits per heavy atom. The maximum atomic E-state index is 12.2. The van der Waals surface area contributed by atoms with Crippen LogP contribution < -0.4 is 15.6 Å². The molecule has 2 N–H and O–H groups in total. The summed E-state index contributed by atoms with van der Waals surface area (Å²) in [5, 5.41) is 14.0. The van der Waals surface area contributed by atoms with Gasteiger partial charge in [-0.15, -0.1) is 0 Å². The molecule has 0 bridgehead atoms. The number of nitrogens with one attached hydrogen (secondary N) is 2. The fourth-order valence-electron chi connectivity index (χ4n) is 3.44. The number of carbonyl (C=O) groups is 2. The number of benzene rings is 1. The fourth-order valence-corrected chi connectivity index (χ4v) is 3.67. The molecular formula is C23H25ClN6O3. The first-order valence-electron chi connectivity index (χ1n) is 10.5. The SMILES string of the molecule is Cc1cc(Cl)ccc1OCCCC(=O)NNC(=O)CCc1c(C)nc2c(C#N)cnn2c1C. The van der Waals surface area contributed by atoms with Gasteiger partial charge in [-0.2, -0.15) is 10.4 Å². The topological polar surface area (TPSA) is 121 Å². The van der Waals surface area contributed by atoms with E-state index < -0.39 is 0 Å². The number of nitriles is 1. The van der Waals surface area contributed by atoms with Gasteiger partial charge in [0, 0.05) is 29.3 Å². The van der Waals surface area contributed by atoms with E-state index in [1.165, 1.54) is 6.20 Å². The number of halogens is 1. The Hall–Kier alpha value is -3.64. The third-order valence-corrected chi connectivity index (χ3v) is 5.45. The molecule has 0 aliphatic carbocycles. The minimum atomic E-state index is -0.312. The first-order chi connectivity index (χ1) is 15.8. The lowest BCUT2D eigenvalue weighted by atomic mass is 10.1. The van der Waals surface area contributed by atoms with Crippen molar-refractivity contribution in [2.75, 3.05) is 6.61 Å². The second-order valence-corrected chi connectivity index (χ2v) is 8.06. The lowest BCUT2D eigenvalue weighted by Crippen LogP contribution is -2.41. The number of aromatic nitrogens is 3. The van der Waals surface area contributed by atoms with E-state index >= 15 is 0 Å². The van der Waals surface area contributed by atoms with Crippen molar-refractivity contribution < 1.29 is 14.3 Å². The molecule has 3 rings (SSSR count). The number of aryl methyl sites for hydroxylation is 3. The minimum absolute atomic E-state index is 0.167. The quantitative estimate of drug-likeness (QED) is 0.387.